The van der Waals surface area contributed by atoms with Crippen LogP contribution in [-0.2, 0) is 4.74 Å². The van der Waals surface area contributed by atoms with E-state index in [9.17, 15) is 4.79 Å². The van der Waals surface area contributed by atoms with Crippen molar-refractivity contribution in [3.63, 3.8) is 0 Å². The summed E-state index contributed by atoms with van der Waals surface area (Å²) in [5, 5.41) is 2.83. The lowest BCUT2D eigenvalue weighted by molar-refractivity contribution is 0.165. The summed E-state index contributed by atoms with van der Waals surface area (Å²) in [6.07, 6.45) is 4.13. The second-order valence-electron chi connectivity index (χ2n) is 4.65. The van der Waals surface area contributed by atoms with Crippen molar-refractivity contribution in [2.45, 2.75) is 18.5 Å². The highest BCUT2D eigenvalue weighted by Crippen LogP contribution is 2.23. The number of rotatable bonds is 4. The van der Waals surface area contributed by atoms with Gasteiger partial charge in [-0.15, -0.1) is 0 Å². The highest BCUT2D eigenvalue weighted by molar-refractivity contribution is 5.67. The minimum Gasteiger partial charge on any atom is -0.453 e. The molecule has 1 aromatic heterocycles. The molecule has 1 aliphatic heterocycles. The Morgan fingerprint density at radius 1 is 1.74 bits per heavy atom. The molecule has 0 bridgehead atoms. The Kier molecular flexibility index (Phi) is 4.70. The van der Waals surface area contributed by atoms with Crippen LogP contribution in [0.5, 0.6) is 0 Å². The summed E-state index contributed by atoms with van der Waals surface area (Å²) in [6.45, 7) is 2.23. The number of alkyl carbamates (subject to hydrolysis) is 1. The molecule has 3 N–H and O–H groups in total. The van der Waals surface area contributed by atoms with Gasteiger partial charge < -0.3 is 15.8 Å². The zero-order chi connectivity index (χ0) is 13.7. The van der Waals surface area contributed by atoms with Crippen molar-refractivity contribution in [1.82, 2.24) is 15.2 Å². The van der Waals surface area contributed by atoms with Crippen molar-refractivity contribution in [3.8, 4) is 0 Å². The van der Waals surface area contributed by atoms with Crippen molar-refractivity contribution in [2.75, 3.05) is 26.7 Å². The van der Waals surface area contributed by atoms with E-state index in [4.69, 9.17) is 5.73 Å². The zero-order valence-electron chi connectivity index (χ0n) is 11.1. The van der Waals surface area contributed by atoms with E-state index in [0.717, 1.165) is 25.1 Å². The van der Waals surface area contributed by atoms with Gasteiger partial charge in [-0.2, -0.15) is 0 Å². The predicted octanol–water partition coefficient (Wildman–Crippen LogP) is 0.512. The van der Waals surface area contributed by atoms with Crippen molar-refractivity contribution in [3.05, 3.63) is 30.1 Å². The Morgan fingerprint density at radius 3 is 3.21 bits per heavy atom. The van der Waals surface area contributed by atoms with Crippen LogP contribution in [0, 0.1) is 0 Å². The number of carbonyl (C=O) groups is 1. The molecular weight excluding hydrogens is 244 g/mol. The van der Waals surface area contributed by atoms with Crippen molar-refractivity contribution >= 4 is 6.09 Å². The minimum atomic E-state index is -0.377. The van der Waals surface area contributed by atoms with E-state index in [0.29, 0.717) is 6.54 Å². The van der Waals surface area contributed by atoms with Gasteiger partial charge in [0.15, 0.2) is 0 Å². The molecular formula is C13H20N4O2. The van der Waals surface area contributed by atoms with Gasteiger partial charge in [0.25, 0.3) is 0 Å². The van der Waals surface area contributed by atoms with E-state index in [1.165, 1.54) is 7.11 Å². The molecule has 1 amide bonds. The third-order valence-corrected chi connectivity index (χ3v) is 3.46. The summed E-state index contributed by atoms with van der Waals surface area (Å²) in [6, 6.07) is 4.22. The Bertz CT molecular complexity index is 412. The third kappa shape index (κ3) is 3.42. The zero-order valence-corrected chi connectivity index (χ0v) is 11.1. The Hall–Kier alpha value is -1.66. The van der Waals surface area contributed by atoms with E-state index in [-0.39, 0.29) is 18.2 Å². The molecule has 19 heavy (non-hydrogen) atoms. The number of likely N-dealkylation sites (tertiary alicyclic amines) is 1. The molecule has 2 atom stereocenters. The lowest BCUT2D eigenvalue weighted by Gasteiger charge is -2.26. The third-order valence-electron chi connectivity index (χ3n) is 3.46. The molecule has 1 fully saturated rings. The van der Waals surface area contributed by atoms with Gasteiger partial charge in [0.05, 0.1) is 7.11 Å². The summed E-state index contributed by atoms with van der Waals surface area (Å²) in [4.78, 5) is 17.6. The number of nitrogens with zero attached hydrogens (tertiary/aromatic N) is 2. The number of amides is 1. The number of nitrogens with two attached hydrogens (primary N) is 1. The maximum absolute atomic E-state index is 11.2. The number of aromatic nitrogens is 1. The molecule has 6 heteroatoms. The van der Waals surface area contributed by atoms with Gasteiger partial charge in [0.2, 0.25) is 0 Å². The number of ether oxygens (including phenoxy) is 1. The average molecular weight is 264 g/mol. The second kappa shape index (κ2) is 6.49. The quantitative estimate of drug-likeness (QED) is 0.828. The highest BCUT2D eigenvalue weighted by atomic mass is 16.5. The van der Waals surface area contributed by atoms with E-state index in [1.807, 2.05) is 18.3 Å². The predicted molar refractivity (Wildman–Crippen MR) is 71.6 cm³/mol. The molecule has 0 aromatic carbocycles. The normalized spacial score (nSPS) is 21.1. The molecule has 1 aliphatic rings. The van der Waals surface area contributed by atoms with Gasteiger partial charge in [-0.3, -0.25) is 9.88 Å². The summed E-state index contributed by atoms with van der Waals surface area (Å²) >= 11 is 0. The first-order valence-corrected chi connectivity index (χ1v) is 6.43. The first kappa shape index (κ1) is 13.8. The molecule has 0 radical (unpaired) electrons. The van der Waals surface area contributed by atoms with Gasteiger partial charge in [0, 0.05) is 44.1 Å². The van der Waals surface area contributed by atoms with E-state index >= 15 is 0 Å². The second-order valence-corrected chi connectivity index (χ2v) is 4.65. The monoisotopic (exact) mass is 264 g/mol. The molecule has 1 aromatic rings. The van der Waals surface area contributed by atoms with Crippen molar-refractivity contribution in [2.24, 2.45) is 5.73 Å². The summed E-state index contributed by atoms with van der Waals surface area (Å²) < 4.78 is 4.62. The van der Waals surface area contributed by atoms with Crippen LogP contribution in [0.3, 0.4) is 0 Å². The van der Waals surface area contributed by atoms with Gasteiger partial charge in [0.1, 0.15) is 0 Å². The lowest BCUT2D eigenvalue weighted by atomic mass is 10.1. The average Bonchev–Trinajstić information content (AvgIpc) is 2.89. The molecule has 6 nitrogen and oxygen atoms in total. The summed E-state index contributed by atoms with van der Waals surface area (Å²) in [5.41, 5.74) is 6.99. The molecule has 0 saturated carbocycles. The summed E-state index contributed by atoms with van der Waals surface area (Å²) in [5.74, 6) is 0. The number of carbonyl (C=O) groups excluding carboxylic acids is 1. The topological polar surface area (TPSA) is 80.5 Å². The van der Waals surface area contributed by atoms with Gasteiger partial charge >= 0.3 is 6.09 Å². The maximum atomic E-state index is 11.2. The number of hydrogen-bond donors (Lipinski definition) is 2. The fourth-order valence-corrected chi connectivity index (χ4v) is 2.48. The van der Waals surface area contributed by atoms with E-state index in [1.54, 1.807) is 6.20 Å². The van der Waals surface area contributed by atoms with Crippen LogP contribution < -0.4 is 11.1 Å². The standard InChI is InChI=1S/C13H20N4O2/c1-19-13(18)16-11-4-6-17(9-11)12(7-14)10-3-2-5-15-8-10/h2-3,5,8,11-12H,4,6-7,9,14H2,1H3,(H,16,18). The minimum absolute atomic E-state index is 0.123. The molecule has 2 unspecified atom stereocenters. The van der Waals surface area contributed by atoms with Crippen LogP contribution in [0.15, 0.2) is 24.5 Å². The summed E-state index contributed by atoms with van der Waals surface area (Å²) in [7, 11) is 1.38. The van der Waals surface area contributed by atoms with Gasteiger partial charge in [-0.25, -0.2) is 4.79 Å². The molecule has 104 valence electrons. The fraction of sp³-hybridized carbons (Fsp3) is 0.538. The first-order chi connectivity index (χ1) is 9.24. The first-order valence-electron chi connectivity index (χ1n) is 6.43. The van der Waals surface area contributed by atoms with E-state index in [2.05, 4.69) is 19.9 Å². The van der Waals surface area contributed by atoms with Crippen LogP contribution >= 0.6 is 0 Å². The number of pyridine rings is 1. The van der Waals surface area contributed by atoms with Gasteiger partial charge in [-0.05, 0) is 18.1 Å². The largest absolute Gasteiger partial charge is 0.453 e. The Balaban J connectivity index is 1.97. The molecule has 0 aliphatic carbocycles. The highest BCUT2D eigenvalue weighted by Gasteiger charge is 2.29. The molecule has 2 rings (SSSR count). The van der Waals surface area contributed by atoms with Gasteiger partial charge in [-0.1, -0.05) is 6.07 Å². The number of hydrogen-bond acceptors (Lipinski definition) is 5. The fourth-order valence-electron chi connectivity index (χ4n) is 2.48. The lowest BCUT2D eigenvalue weighted by Crippen LogP contribution is -2.39. The Morgan fingerprint density at radius 2 is 2.58 bits per heavy atom. The van der Waals surface area contributed by atoms with Crippen LogP contribution in [0.25, 0.3) is 0 Å². The smallest absolute Gasteiger partial charge is 0.407 e. The van der Waals surface area contributed by atoms with Crippen molar-refractivity contribution < 1.29 is 9.53 Å². The van der Waals surface area contributed by atoms with Crippen molar-refractivity contribution in [1.29, 1.82) is 0 Å². The maximum Gasteiger partial charge on any atom is 0.407 e. The van der Waals surface area contributed by atoms with Crippen LogP contribution in [0.4, 0.5) is 4.79 Å². The van der Waals surface area contributed by atoms with Crippen LogP contribution in [-0.4, -0.2) is 48.8 Å². The van der Waals surface area contributed by atoms with Crippen LogP contribution in [0.1, 0.15) is 18.0 Å². The SMILES string of the molecule is COC(=O)NC1CCN(C(CN)c2cccnc2)C1. The Labute approximate surface area is 112 Å². The molecule has 0 spiro atoms. The number of nitrogens with one attached hydrogen (secondary N) is 1. The van der Waals surface area contributed by atoms with Crippen LogP contribution in [0.2, 0.25) is 0 Å². The molecule has 1 saturated heterocycles. The van der Waals surface area contributed by atoms with E-state index < -0.39 is 0 Å². The molecule has 2 heterocycles. The number of methoxy groups -OCH3 is 1.